The minimum absolute atomic E-state index is 0.171. The summed E-state index contributed by atoms with van der Waals surface area (Å²) in [5.41, 5.74) is 1.11. The van der Waals surface area contributed by atoms with Gasteiger partial charge in [0.1, 0.15) is 0 Å². The average molecular weight is 358 g/mol. The minimum atomic E-state index is -1.25. The highest BCUT2D eigenvalue weighted by atomic mass is 16.6. The fourth-order valence-corrected chi connectivity index (χ4v) is 2.21. The molecular formula is C18H18N2O6. The fourth-order valence-electron chi connectivity index (χ4n) is 2.21. The topological polar surface area (TPSA) is 119 Å². The lowest BCUT2D eigenvalue weighted by molar-refractivity contribution is -0.385. The van der Waals surface area contributed by atoms with Gasteiger partial charge in [0, 0.05) is 17.8 Å². The molecule has 0 aliphatic heterocycles. The first-order valence-corrected chi connectivity index (χ1v) is 7.82. The second-order valence-electron chi connectivity index (χ2n) is 5.86. The van der Waals surface area contributed by atoms with E-state index in [0.717, 1.165) is 23.8 Å². The SMILES string of the molecule is CC(C)c1ccc(NC(=O)COc2cc(C(=O)O)ccc2[N+](=O)[O-])cc1. The largest absolute Gasteiger partial charge is 0.478 e. The number of carbonyl (C=O) groups excluding carboxylic acids is 1. The summed E-state index contributed by atoms with van der Waals surface area (Å²) < 4.78 is 5.17. The van der Waals surface area contributed by atoms with E-state index < -0.39 is 29.1 Å². The van der Waals surface area contributed by atoms with Crippen LogP contribution in [-0.4, -0.2) is 28.5 Å². The number of nitro groups is 1. The van der Waals surface area contributed by atoms with Crippen LogP contribution in [0.4, 0.5) is 11.4 Å². The molecule has 0 saturated carbocycles. The van der Waals surface area contributed by atoms with Crippen molar-refractivity contribution in [1.82, 2.24) is 0 Å². The first-order valence-electron chi connectivity index (χ1n) is 7.82. The Morgan fingerprint density at radius 3 is 2.38 bits per heavy atom. The number of ether oxygens (including phenoxy) is 1. The van der Waals surface area contributed by atoms with Crippen LogP contribution in [0.3, 0.4) is 0 Å². The molecule has 0 radical (unpaired) electrons. The van der Waals surface area contributed by atoms with Gasteiger partial charge in [-0.05, 0) is 29.7 Å². The number of amides is 1. The van der Waals surface area contributed by atoms with Gasteiger partial charge >= 0.3 is 11.7 Å². The minimum Gasteiger partial charge on any atom is -0.478 e. The third-order valence-corrected chi connectivity index (χ3v) is 3.62. The van der Waals surface area contributed by atoms with Crippen molar-refractivity contribution >= 4 is 23.3 Å². The zero-order valence-corrected chi connectivity index (χ0v) is 14.3. The zero-order chi connectivity index (χ0) is 19.3. The Labute approximate surface area is 149 Å². The number of nitrogens with one attached hydrogen (secondary N) is 1. The van der Waals surface area contributed by atoms with Gasteiger partial charge in [0.2, 0.25) is 0 Å². The summed E-state index contributed by atoms with van der Waals surface area (Å²) in [6.45, 7) is 3.62. The van der Waals surface area contributed by atoms with Gasteiger partial charge in [0.05, 0.1) is 10.5 Å². The van der Waals surface area contributed by atoms with Crippen LogP contribution >= 0.6 is 0 Å². The molecule has 0 unspecified atom stereocenters. The second kappa shape index (κ2) is 8.11. The Kier molecular flexibility index (Phi) is 5.90. The van der Waals surface area contributed by atoms with Crippen LogP contribution in [0, 0.1) is 10.1 Å². The zero-order valence-electron chi connectivity index (χ0n) is 14.3. The molecule has 2 aromatic carbocycles. The quantitative estimate of drug-likeness (QED) is 0.578. The van der Waals surface area contributed by atoms with Gasteiger partial charge in [-0.15, -0.1) is 0 Å². The average Bonchev–Trinajstić information content (AvgIpc) is 2.60. The summed E-state index contributed by atoms with van der Waals surface area (Å²) >= 11 is 0. The Morgan fingerprint density at radius 2 is 1.85 bits per heavy atom. The molecular weight excluding hydrogens is 340 g/mol. The number of carboxylic acid groups (broad SMARTS) is 1. The van der Waals surface area contributed by atoms with E-state index in [2.05, 4.69) is 19.2 Å². The summed E-state index contributed by atoms with van der Waals surface area (Å²) in [7, 11) is 0. The van der Waals surface area contributed by atoms with Crippen molar-refractivity contribution in [3.8, 4) is 5.75 Å². The highest BCUT2D eigenvalue weighted by Crippen LogP contribution is 2.28. The number of rotatable bonds is 7. The van der Waals surface area contributed by atoms with E-state index in [0.29, 0.717) is 11.6 Å². The van der Waals surface area contributed by atoms with Gasteiger partial charge in [-0.25, -0.2) is 4.79 Å². The number of nitrogens with zero attached hydrogens (tertiary/aromatic N) is 1. The van der Waals surface area contributed by atoms with Crippen LogP contribution in [-0.2, 0) is 4.79 Å². The third kappa shape index (κ3) is 4.79. The number of carboxylic acids is 1. The van der Waals surface area contributed by atoms with E-state index in [1.807, 2.05) is 12.1 Å². The normalized spacial score (nSPS) is 10.4. The molecule has 1 amide bonds. The van der Waals surface area contributed by atoms with Gasteiger partial charge in [-0.3, -0.25) is 14.9 Å². The molecule has 0 spiro atoms. The molecule has 0 aliphatic carbocycles. The predicted molar refractivity (Wildman–Crippen MR) is 94.7 cm³/mol. The molecule has 26 heavy (non-hydrogen) atoms. The highest BCUT2D eigenvalue weighted by molar-refractivity contribution is 5.92. The number of benzene rings is 2. The van der Waals surface area contributed by atoms with E-state index in [9.17, 15) is 19.7 Å². The van der Waals surface area contributed by atoms with Crippen LogP contribution < -0.4 is 10.1 Å². The summed E-state index contributed by atoms with van der Waals surface area (Å²) in [5, 5.41) is 22.6. The Morgan fingerprint density at radius 1 is 1.19 bits per heavy atom. The maximum Gasteiger partial charge on any atom is 0.335 e. The van der Waals surface area contributed by atoms with E-state index in [-0.39, 0.29) is 11.3 Å². The van der Waals surface area contributed by atoms with Crippen molar-refractivity contribution in [3.63, 3.8) is 0 Å². The van der Waals surface area contributed by atoms with Crippen molar-refractivity contribution < 1.29 is 24.4 Å². The molecule has 0 heterocycles. The van der Waals surface area contributed by atoms with E-state index >= 15 is 0 Å². The van der Waals surface area contributed by atoms with Gasteiger partial charge in [-0.1, -0.05) is 26.0 Å². The maximum atomic E-state index is 12.0. The lowest BCUT2D eigenvalue weighted by Crippen LogP contribution is -2.20. The molecule has 0 aliphatic rings. The van der Waals surface area contributed by atoms with Crippen LogP contribution in [0.2, 0.25) is 0 Å². The van der Waals surface area contributed by atoms with Crippen molar-refractivity contribution in [2.45, 2.75) is 19.8 Å². The molecule has 0 saturated heterocycles. The van der Waals surface area contributed by atoms with Gasteiger partial charge in [-0.2, -0.15) is 0 Å². The molecule has 0 atom stereocenters. The van der Waals surface area contributed by atoms with Crippen LogP contribution in [0.5, 0.6) is 5.75 Å². The fraction of sp³-hybridized carbons (Fsp3) is 0.222. The Hall–Kier alpha value is -3.42. The summed E-state index contributed by atoms with van der Waals surface area (Å²) in [5.74, 6) is -1.68. The molecule has 0 aromatic heterocycles. The van der Waals surface area contributed by atoms with E-state index in [1.165, 1.54) is 0 Å². The molecule has 2 rings (SSSR count). The standard InChI is InChI=1S/C18H18N2O6/c1-11(2)12-3-6-14(7-4-12)19-17(21)10-26-16-9-13(18(22)23)5-8-15(16)20(24)25/h3-9,11H,10H2,1-2H3,(H,19,21)(H,22,23). The maximum absolute atomic E-state index is 12.0. The first-order chi connectivity index (χ1) is 12.3. The van der Waals surface area contributed by atoms with Gasteiger partial charge in [0.25, 0.3) is 5.91 Å². The lowest BCUT2D eigenvalue weighted by Gasteiger charge is -2.10. The van der Waals surface area contributed by atoms with Gasteiger partial charge in [0.15, 0.2) is 12.4 Å². The molecule has 0 bridgehead atoms. The summed E-state index contributed by atoms with van der Waals surface area (Å²) in [6.07, 6.45) is 0. The number of anilines is 1. The number of aromatic carboxylic acids is 1. The lowest BCUT2D eigenvalue weighted by atomic mass is 10.0. The number of nitro benzene ring substituents is 1. The van der Waals surface area contributed by atoms with Crippen LogP contribution in [0.15, 0.2) is 42.5 Å². The monoisotopic (exact) mass is 358 g/mol. The van der Waals surface area contributed by atoms with Crippen LogP contribution in [0.25, 0.3) is 0 Å². The number of hydrogen-bond acceptors (Lipinski definition) is 5. The summed E-state index contributed by atoms with van der Waals surface area (Å²) in [4.78, 5) is 33.3. The molecule has 2 aromatic rings. The van der Waals surface area contributed by atoms with E-state index in [1.54, 1.807) is 12.1 Å². The second-order valence-corrected chi connectivity index (χ2v) is 5.86. The predicted octanol–water partition coefficient (Wildman–Crippen LogP) is 3.43. The van der Waals surface area contributed by atoms with Crippen molar-refractivity contribution in [2.24, 2.45) is 0 Å². The molecule has 8 nitrogen and oxygen atoms in total. The molecule has 0 fully saturated rings. The third-order valence-electron chi connectivity index (χ3n) is 3.62. The first kappa shape index (κ1) is 18.9. The Balaban J connectivity index is 2.05. The van der Waals surface area contributed by atoms with E-state index in [4.69, 9.17) is 9.84 Å². The number of carbonyl (C=O) groups is 2. The highest BCUT2D eigenvalue weighted by Gasteiger charge is 2.19. The van der Waals surface area contributed by atoms with Gasteiger partial charge < -0.3 is 15.2 Å². The Bertz CT molecular complexity index is 830. The molecule has 136 valence electrons. The van der Waals surface area contributed by atoms with Crippen molar-refractivity contribution in [2.75, 3.05) is 11.9 Å². The van der Waals surface area contributed by atoms with Crippen molar-refractivity contribution in [1.29, 1.82) is 0 Å². The van der Waals surface area contributed by atoms with Crippen molar-refractivity contribution in [3.05, 3.63) is 63.7 Å². The summed E-state index contributed by atoms with van der Waals surface area (Å²) in [6, 6.07) is 10.4. The van der Waals surface area contributed by atoms with Crippen LogP contribution in [0.1, 0.15) is 35.7 Å². The smallest absolute Gasteiger partial charge is 0.335 e. The number of hydrogen-bond donors (Lipinski definition) is 2. The molecule has 2 N–H and O–H groups in total. The molecule has 8 heteroatoms.